The lowest BCUT2D eigenvalue weighted by molar-refractivity contribution is -0.0421. The highest BCUT2D eigenvalue weighted by Gasteiger charge is 2.39. The van der Waals surface area contributed by atoms with Crippen molar-refractivity contribution in [3.63, 3.8) is 0 Å². The Hall–Kier alpha value is -2.99. The third kappa shape index (κ3) is 3.61. The average molecular weight is 370 g/mol. The summed E-state index contributed by atoms with van der Waals surface area (Å²) in [6.45, 7) is 3.44. The monoisotopic (exact) mass is 370 g/mol. The number of ether oxygens (including phenoxy) is 2. The zero-order chi connectivity index (χ0) is 19.8. The number of carbonyl (C=O) groups excluding carboxylic acids is 1. The number of phenols is 2. The molecule has 3 rings (SSSR count). The van der Waals surface area contributed by atoms with E-state index in [1.54, 1.807) is 32.1 Å². The number of hydrogen-bond acceptors (Lipinski definition) is 6. The number of hydrogen-bond donors (Lipinski definition) is 3. The lowest BCUT2D eigenvalue weighted by atomic mass is 9.88. The quantitative estimate of drug-likeness (QED) is 0.565. The second-order valence-electron chi connectivity index (χ2n) is 7.00. The van der Waals surface area contributed by atoms with Crippen molar-refractivity contribution in [2.75, 3.05) is 7.11 Å². The molecule has 2 aromatic carbocycles. The van der Waals surface area contributed by atoms with Crippen LogP contribution in [0.15, 0.2) is 36.4 Å². The maximum atomic E-state index is 12.9. The molecular weight excluding hydrogens is 348 g/mol. The SMILES string of the molecule is COc1cc(O)c2c(c1C(=O)C=Cc1ccc(O)cc1)OC(C)(C)C(O)C2. The van der Waals surface area contributed by atoms with Crippen LogP contribution in [0, 0.1) is 0 Å². The van der Waals surface area contributed by atoms with E-state index in [9.17, 15) is 20.1 Å². The van der Waals surface area contributed by atoms with Crippen LogP contribution in [0.4, 0.5) is 0 Å². The van der Waals surface area contributed by atoms with Gasteiger partial charge in [0.05, 0.1) is 13.2 Å². The third-order valence-corrected chi connectivity index (χ3v) is 4.68. The van der Waals surface area contributed by atoms with Crippen molar-refractivity contribution in [3.05, 3.63) is 53.1 Å². The van der Waals surface area contributed by atoms with Crippen molar-refractivity contribution < 1.29 is 29.6 Å². The molecule has 0 radical (unpaired) electrons. The number of aliphatic hydroxyl groups excluding tert-OH is 1. The summed E-state index contributed by atoms with van der Waals surface area (Å²) in [7, 11) is 1.41. The normalized spacial score (nSPS) is 18.0. The van der Waals surface area contributed by atoms with Crippen molar-refractivity contribution in [3.8, 4) is 23.0 Å². The predicted molar refractivity (Wildman–Crippen MR) is 101 cm³/mol. The van der Waals surface area contributed by atoms with E-state index in [1.165, 1.54) is 31.4 Å². The lowest BCUT2D eigenvalue weighted by Gasteiger charge is -2.38. The van der Waals surface area contributed by atoms with Crippen LogP contribution in [0.1, 0.15) is 35.3 Å². The Morgan fingerprint density at radius 3 is 2.56 bits per heavy atom. The van der Waals surface area contributed by atoms with Gasteiger partial charge in [-0.05, 0) is 37.6 Å². The minimum absolute atomic E-state index is 0.0875. The summed E-state index contributed by atoms with van der Waals surface area (Å²) >= 11 is 0. The summed E-state index contributed by atoms with van der Waals surface area (Å²) in [5.74, 6) is 0.113. The van der Waals surface area contributed by atoms with E-state index in [0.29, 0.717) is 5.56 Å². The highest BCUT2D eigenvalue weighted by molar-refractivity contribution is 6.11. The molecule has 6 heteroatoms. The van der Waals surface area contributed by atoms with Crippen LogP contribution in [0.5, 0.6) is 23.0 Å². The van der Waals surface area contributed by atoms with Crippen molar-refractivity contribution >= 4 is 11.9 Å². The Kier molecular flexibility index (Phi) is 4.85. The molecule has 3 N–H and O–H groups in total. The summed E-state index contributed by atoms with van der Waals surface area (Å²) in [5, 5.41) is 29.9. The molecule has 0 spiro atoms. The van der Waals surface area contributed by atoms with Crippen LogP contribution >= 0.6 is 0 Å². The van der Waals surface area contributed by atoms with Crippen LogP contribution in [0.3, 0.4) is 0 Å². The predicted octanol–water partition coefficient (Wildman–Crippen LogP) is 3.08. The van der Waals surface area contributed by atoms with Crippen molar-refractivity contribution in [1.82, 2.24) is 0 Å². The van der Waals surface area contributed by atoms with Crippen molar-refractivity contribution in [2.45, 2.75) is 32.0 Å². The minimum atomic E-state index is -0.915. The molecule has 1 aliphatic heterocycles. The molecule has 6 nitrogen and oxygen atoms in total. The fraction of sp³-hybridized carbons (Fsp3) is 0.286. The summed E-state index contributed by atoms with van der Waals surface area (Å²) in [4.78, 5) is 12.9. The van der Waals surface area contributed by atoms with Gasteiger partial charge < -0.3 is 24.8 Å². The minimum Gasteiger partial charge on any atom is -0.508 e. The molecule has 0 amide bonds. The molecule has 1 unspecified atom stereocenters. The molecule has 1 heterocycles. The number of rotatable bonds is 4. The number of ketones is 1. The number of carbonyl (C=O) groups is 1. The Bertz CT molecular complexity index is 896. The first-order valence-electron chi connectivity index (χ1n) is 8.54. The summed E-state index contributed by atoms with van der Waals surface area (Å²) in [6, 6.07) is 7.77. The molecule has 0 saturated carbocycles. The van der Waals surface area contributed by atoms with Crippen molar-refractivity contribution in [1.29, 1.82) is 0 Å². The maximum Gasteiger partial charge on any atom is 0.193 e. The Labute approximate surface area is 157 Å². The molecule has 0 bridgehead atoms. The molecule has 142 valence electrons. The lowest BCUT2D eigenvalue weighted by Crippen LogP contribution is -2.46. The van der Waals surface area contributed by atoms with Gasteiger partial charge in [-0.3, -0.25) is 4.79 Å². The van der Waals surface area contributed by atoms with Crippen LogP contribution in [0.2, 0.25) is 0 Å². The fourth-order valence-corrected chi connectivity index (χ4v) is 2.98. The van der Waals surface area contributed by atoms with Gasteiger partial charge in [0.2, 0.25) is 0 Å². The van der Waals surface area contributed by atoms with Gasteiger partial charge in [-0.1, -0.05) is 18.2 Å². The van der Waals surface area contributed by atoms with Gasteiger partial charge in [0.1, 0.15) is 34.2 Å². The zero-order valence-electron chi connectivity index (χ0n) is 15.4. The largest absolute Gasteiger partial charge is 0.508 e. The third-order valence-electron chi connectivity index (χ3n) is 4.68. The van der Waals surface area contributed by atoms with Gasteiger partial charge in [0.25, 0.3) is 0 Å². The molecule has 1 aliphatic rings. The number of phenolic OH excluding ortho intramolecular Hbond substituents is 2. The van der Waals surface area contributed by atoms with E-state index in [-0.39, 0.29) is 40.8 Å². The van der Waals surface area contributed by atoms with Crippen LogP contribution in [0.25, 0.3) is 6.08 Å². The van der Waals surface area contributed by atoms with E-state index in [0.717, 1.165) is 5.56 Å². The van der Waals surface area contributed by atoms with Gasteiger partial charge >= 0.3 is 0 Å². The summed E-state index contributed by atoms with van der Waals surface area (Å²) in [5.41, 5.74) is 0.398. The van der Waals surface area contributed by atoms with Gasteiger partial charge in [-0.2, -0.15) is 0 Å². The molecule has 0 fully saturated rings. The van der Waals surface area contributed by atoms with E-state index < -0.39 is 11.7 Å². The standard InChI is InChI=1S/C21H22O6/c1-21(2)18(25)10-14-16(24)11-17(26-3)19(20(14)27-21)15(23)9-6-12-4-7-13(22)8-5-12/h4-9,11,18,22,24-25H,10H2,1-3H3. The Morgan fingerprint density at radius 2 is 1.93 bits per heavy atom. The van der Waals surface area contributed by atoms with E-state index in [2.05, 4.69) is 0 Å². The van der Waals surface area contributed by atoms with Crippen LogP contribution in [-0.2, 0) is 6.42 Å². The number of aromatic hydroxyl groups is 2. The van der Waals surface area contributed by atoms with E-state index >= 15 is 0 Å². The molecule has 0 saturated heterocycles. The molecular formula is C21H22O6. The Morgan fingerprint density at radius 1 is 1.26 bits per heavy atom. The van der Waals surface area contributed by atoms with Gasteiger partial charge in [0, 0.05) is 18.1 Å². The second kappa shape index (κ2) is 6.96. The summed E-state index contributed by atoms with van der Waals surface area (Å²) in [6.07, 6.45) is 2.34. The smallest absolute Gasteiger partial charge is 0.193 e. The van der Waals surface area contributed by atoms with Crippen LogP contribution in [-0.4, -0.2) is 39.9 Å². The first kappa shape index (κ1) is 18.8. The number of fused-ring (bicyclic) bond motifs is 1. The second-order valence-corrected chi connectivity index (χ2v) is 7.00. The number of benzene rings is 2. The first-order valence-corrected chi connectivity index (χ1v) is 8.54. The maximum absolute atomic E-state index is 12.9. The van der Waals surface area contributed by atoms with E-state index in [4.69, 9.17) is 9.47 Å². The van der Waals surface area contributed by atoms with Gasteiger partial charge in [0.15, 0.2) is 5.78 Å². The first-order chi connectivity index (χ1) is 12.7. The molecule has 27 heavy (non-hydrogen) atoms. The molecule has 0 aromatic heterocycles. The highest BCUT2D eigenvalue weighted by Crippen LogP contribution is 2.45. The number of methoxy groups -OCH3 is 1. The van der Waals surface area contributed by atoms with Gasteiger partial charge in [-0.25, -0.2) is 0 Å². The highest BCUT2D eigenvalue weighted by atomic mass is 16.5. The fourth-order valence-electron chi connectivity index (χ4n) is 2.98. The van der Waals surface area contributed by atoms with Crippen LogP contribution < -0.4 is 9.47 Å². The summed E-state index contributed by atoms with van der Waals surface area (Å²) < 4.78 is 11.2. The van der Waals surface area contributed by atoms with Gasteiger partial charge in [-0.15, -0.1) is 0 Å². The van der Waals surface area contributed by atoms with Crippen molar-refractivity contribution in [2.24, 2.45) is 0 Å². The Balaban J connectivity index is 2.05. The average Bonchev–Trinajstić information content (AvgIpc) is 2.62. The molecule has 2 aromatic rings. The number of allylic oxidation sites excluding steroid dienone is 1. The topological polar surface area (TPSA) is 96.2 Å². The number of aliphatic hydroxyl groups is 1. The molecule has 0 aliphatic carbocycles. The zero-order valence-corrected chi connectivity index (χ0v) is 15.4. The molecule has 1 atom stereocenters. The van der Waals surface area contributed by atoms with E-state index in [1.807, 2.05) is 0 Å².